The van der Waals surface area contributed by atoms with E-state index in [9.17, 15) is 4.79 Å². The van der Waals surface area contributed by atoms with Crippen molar-refractivity contribution in [3.05, 3.63) is 29.8 Å². The van der Waals surface area contributed by atoms with E-state index in [4.69, 9.17) is 5.73 Å². The van der Waals surface area contributed by atoms with E-state index in [1.807, 2.05) is 17.1 Å². The van der Waals surface area contributed by atoms with Gasteiger partial charge in [0.05, 0.1) is 5.69 Å². The van der Waals surface area contributed by atoms with Gasteiger partial charge in [-0.3, -0.25) is 15.2 Å². The number of carbonyl (C=O) groups excluding carboxylic acids is 1. The van der Waals surface area contributed by atoms with Crippen LogP contribution in [0.3, 0.4) is 0 Å². The van der Waals surface area contributed by atoms with Crippen LogP contribution in [0.15, 0.2) is 24.3 Å². The number of hydrogen-bond donors (Lipinski definition) is 2. The zero-order valence-electron chi connectivity index (χ0n) is 9.44. The van der Waals surface area contributed by atoms with Gasteiger partial charge in [-0.15, -0.1) is 0 Å². The Kier molecular flexibility index (Phi) is 3.10. The highest BCUT2D eigenvalue weighted by molar-refractivity contribution is 5.81. The molecule has 1 atom stereocenters. The molecular weight excluding hydrogens is 202 g/mol. The van der Waals surface area contributed by atoms with E-state index < -0.39 is 0 Å². The van der Waals surface area contributed by atoms with Crippen LogP contribution in [-0.4, -0.2) is 19.0 Å². The van der Waals surface area contributed by atoms with Gasteiger partial charge in [-0.2, -0.15) is 0 Å². The molecule has 0 bridgehead atoms. The Morgan fingerprint density at radius 1 is 1.44 bits per heavy atom. The number of nitrogens with one attached hydrogen (secondary N) is 1. The van der Waals surface area contributed by atoms with Crippen molar-refractivity contribution in [2.24, 2.45) is 5.73 Å². The van der Waals surface area contributed by atoms with Crippen LogP contribution in [0.2, 0.25) is 0 Å². The third kappa shape index (κ3) is 2.17. The molecule has 1 aromatic rings. The van der Waals surface area contributed by atoms with E-state index in [1.165, 1.54) is 5.56 Å². The van der Waals surface area contributed by atoms with Crippen molar-refractivity contribution < 1.29 is 4.79 Å². The minimum atomic E-state index is 0.0828. The van der Waals surface area contributed by atoms with E-state index in [0.29, 0.717) is 18.9 Å². The van der Waals surface area contributed by atoms with Crippen molar-refractivity contribution in [1.29, 1.82) is 0 Å². The molecular formula is C12H17N3O. The SMILES string of the molecule is CC(CN)c1ccc(N2CCC(=O)N2)cc1. The molecule has 0 radical (unpaired) electrons. The smallest absolute Gasteiger partial charge is 0.240 e. The second-order valence-corrected chi connectivity index (χ2v) is 4.16. The fraction of sp³-hybridized carbons (Fsp3) is 0.417. The molecule has 0 aliphatic carbocycles. The van der Waals surface area contributed by atoms with Crippen molar-refractivity contribution in [3.8, 4) is 0 Å². The van der Waals surface area contributed by atoms with Gasteiger partial charge in [-0.1, -0.05) is 19.1 Å². The molecule has 4 heteroatoms. The molecule has 0 spiro atoms. The zero-order valence-corrected chi connectivity index (χ0v) is 9.44. The van der Waals surface area contributed by atoms with Gasteiger partial charge in [0.2, 0.25) is 5.91 Å². The summed E-state index contributed by atoms with van der Waals surface area (Å²) in [5.74, 6) is 0.460. The molecule has 2 rings (SSSR count). The van der Waals surface area contributed by atoms with Crippen molar-refractivity contribution in [1.82, 2.24) is 5.43 Å². The first kappa shape index (κ1) is 11.0. The Morgan fingerprint density at radius 2 is 2.12 bits per heavy atom. The number of nitrogens with zero attached hydrogens (tertiary/aromatic N) is 1. The zero-order chi connectivity index (χ0) is 11.5. The second kappa shape index (κ2) is 4.53. The van der Waals surface area contributed by atoms with Gasteiger partial charge in [0.1, 0.15) is 0 Å². The molecule has 1 aliphatic rings. The lowest BCUT2D eigenvalue weighted by atomic mass is 10.0. The van der Waals surface area contributed by atoms with Gasteiger partial charge in [0.25, 0.3) is 0 Å². The van der Waals surface area contributed by atoms with E-state index in [1.54, 1.807) is 0 Å². The van der Waals surface area contributed by atoms with Crippen LogP contribution in [0.5, 0.6) is 0 Å². The maximum atomic E-state index is 11.1. The van der Waals surface area contributed by atoms with Gasteiger partial charge in [-0.05, 0) is 30.2 Å². The minimum Gasteiger partial charge on any atom is -0.330 e. The average Bonchev–Trinajstić information content (AvgIpc) is 2.75. The summed E-state index contributed by atoms with van der Waals surface area (Å²) in [5.41, 5.74) is 10.7. The van der Waals surface area contributed by atoms with Gasteiger partial charge >= 0.3 is 0 Å². The number of benzene rings is 1. The Labute approximate surface area is 95.4 Å². The third-order valence-electron chi connectivity index (χ3n) is 2.95. The van der Waals surface area contributed by atoms with Crippen molar-refractivity contribution in [3.63, 3.8) is 0 Å². The highest BCUT2D eigenvalue weighted by Gasteiger charge is 2.18. The van der Waals surface area contributed by atoms with E-state index in [0.717, 1.165) is 12.2 Å². The first-order valence-corrected chi connectivity index (χ1v) is 5.58. The average molecular weight is 219 g/mol. The first-order chi connectivity index (χ1) is 7.70. The monoisotopic (exact) mass is 219 g/mol. The summed E-state index contributed by atoms with van der Waals surface area (Å²) in [5, 5.41) is 1.87. The number of carbonyl (C=O) groups is 1. The molecule has 0 saturated carbocycles. The Balaban J connectivity index is 2.10. The first-order valence-electron chi connectivity index (χ1n) is 5.58. The predicted molar refractivity (Wildman–Crippen MR) is 64.0 cm³/mol. The van der Waals surface area contributed by atoms with Crippen molar-refractivity contribution >= 4 is 11.6 Å². The molecule has 1 heterocycles. The Hall–Kier alpha value is -1.55. The minimum absolute atomic E-state index is 0.0828. The third-order valence-corrected chi connectivity index (χ3v) is 2.95. The lowest BCUT2D eigenvalue weighted by Gasteiger charge is -2.18. The number of nitrogens with two attached hydrogens (primary N) is 1. The largest absolute Gasteiger partial charge is 0.330 e. The van der Waals surface area contributed by atoms with E-state index in [2.05, 4.69) is 24.5 Å². The fourth-order valence-electron chi connectivity index (χ4n) is 1.79. The quantitative estimate of drug-likeness (QED) is 0.797. The van der Waals surface area contributed by atoms with Crippen LogP contribution in [-0.2, 0) is 4.79 Å². The highest BCUT2D eigenvalue weighted by Crippen LogP contribution is 2.20. The standard InChI is InChI=1S/C12H17N3O/c1-9(8-13)10-2-4-11(5-3-10)15-7-6-12(16)14-15/h2-5,9H,6-8,13H2,1H3,(H,14,16). The number of hydrazine groups is 1. The summed E-state index contributed by atoms with van der Waals surface area (Å²) in [7, 11) is 0. The molecule has 1 aromatic carbocycles. The van der Waals surface area contributed by atoms with Crippen LogP contribution in [0.4, 0.5) is 5.69 Å². The van der Waals surface area contributed by atoms with Gasteiger partial charge in [-0.25, -0.2) is 0 Å². The van der Waals surface area contributed by atoms with Crippen LogP contribution >= 0.6 is 0 Å². The summed E-state index contributed by atoms with van der Waals surface area (Å²) in [4.78, 5) is 11.1. The summed E-state index contributed by atoms with van der Waals surface area (Å²) in [6, 6.07) is 8.18. The number of hydrogen-bond acceptors (Lipinski definition) is 3. The lowest BCUT2D eigenvalue weighted by Crippen LogP contribution is -2.32. The van der Waals surface area contributed by atoms with Gasteiger partial charge < -0.3 is 5.73 Å². The van der Waals surface area contributed by atoms with Gasteiger partial charge in [0, 0.05) is 13.0 Å². The van der Waals surface area contributed by atoms with Crippen molar-refractivity contribution in [2.45, 2.75) is 19.3 Å². The molecule has 16 heavy (non-hydrogen) atoms. The normalized spacial score (nSPS) is 17.4. The van der Waals surface area contributed by atoms with Crippen LogP contribution in [0, 0.1) is 0 Å². The van der Waals surface area contributed by atoms with Crippen LogP contribution in [0.25, 0.3) is 0 Å². The summed E-state index contributed by atoms with van der Waals surface area (Å²) >= 11 is 0. The van der Waals surface area contributed by atoms with Gasteiger partial charge in [0.15, 0.2) is 0 Å². The maximum Gasteiger partial charge on any atom is 0.240 e. The number of rotatable bonds is 3. The summed E-state index contributed by atoms with van der Waals surface area (Å²) in [6.45, 7) is 3.50. The van der Waals surface area contributed by atoms with Crippen molar-refractivity contribution in [2.75, 3.05) is 18.1 Å². The molecule has 4 nitrogen and oxygen atoms in total. The fourth-order valence-corrected chi connectivity index (χ4v) is 1.79. The Bertz CT molecular complexity index is 374. The molecule has 1 aliphatic heterocycles. The second-order valence-electron chi connectivity index (χ2n) is 4.16. The Morgan fingerprint density at radius 3 is 2.62 bits per heavy atom. The highest BCUT2D eigenvalue weighted by atomic mass is 16.2. The van der Waals surface area contributed by atoms with E-state index >= 15 is 0 Å². The maximum absolute atomic E-state index is 11.1. The molecule has 1 fully saturated rings. The number of anilines is 1. The molecule has 1 amide bonds. The van der Waals surface area contributed by atoms with Crippen LogP contribution in [0.1, 0.15) is 24.8 Å². The predicted octanol–water partition coefficient (Wildman–Crippen LogP) is 0.990. The molecule has 86 valence electrons. The summed E-state index contributed by atoms with van der Waals surface area (Å²) in [6.07, 6.45) is 0.570. The lowest BCUT2D eigenvalue weighted by molar-refractivity contribution is -0.119. The molecule has 1 unspecified atom stereocenters. The number of amides is 1. The van der Waals surface area contributed by atoms with E-state index in [-0.39, 0.29) is 5.91 Å². The summed E-state index contributed by atoms with van der Waals surface area (Å²) < 4.78 is 0. The molecule has 0 aromatic heterocycles. The molecule has 3 N–H and O–H groups in total. The molecule has 1 saturated heterocycles. The topological polar surface area (TPSA) is 58.4 Å². The van der Waals surface area contributed by atoms with Crippen LogP contribution < -0.4 is 16.2 Å².